The Hall–Kier alpha value is -1.81. The number of aromatic nitrogens is 1. The summed E-state index contributed by atoms with van der Waals surface area (Å²) in [5.41, 5.74) is 1.22. The highest BCUT2D eigenvalue weighted by atomic mass is 16.3. The molecule has 0 fully saturated rings. The van der Waals surface area contributed by atoms with E-state index < -0.39 is 0 Å². The van der Waals surface area contributed by atoms with Crippen LogP contribution in [0.1, 0.15) is 31.6 Å². The van der Waals surface area contributed by atoms with Gasteiger partial charge in [-0.15, -0.1) is 0 Å². The van der Waals surface area contributed by atoms with Gasteiger partial charge in [-0.3, -0.25) is 0 Å². The lowest BCUT2D eigenvalue weighted by Gasteiger charge is -2.20. The van der Waals surface area contributed by atoms with E-state index >= 15 is 0 Å². The van der Waals surface area contributed by atoms with Crippen molar-refractivity contribution in [3.05, 3.63) is 48.0 Å². The minimum absolute atomic E-state index is 0.754. The average Bonchev–Trinajstić information content (AvgIpc) is 2.99. The molecule has 2 aromatic heterocycles. The van der Waals surface area contributed by atoms with Gasteiger partial charge in [0.2, 0.25) is 0 Å². The molecule has 2 aromatic rings. The molecule has 2 heterocycles. The largest absolute Gasteiger partial charge is 0.467 e. The lowest BCUT2D eigenvalue weighted by atomic mass is 10.2. The maximum atomic E-state index is 5.40. The molecule has 0 spiro atoms. The summed E-state index contributed by atoms with van der Waals surface area (Å²) in [6.07, 6.45) is 4.81. The lowest BCUT2D eigenvalue weighted by molar-refractivity contribution is 0.503. The van der Waals surface area contributed by atoms with Crippen LogP contribution in [0.15, 0.2) is 41.1 Å². The van der Waals surface area contributed by atoms with E-state index in [9.17, 15) is 0 Å². The van der Waals surface area contributed by atoms with Crippen molar-refractivity contribution in [1.82, 2.24) is 10.3 Å². The summed E-state index contributed by atoms with van der Waals surface area (Å²) in [4.78, 5) is 6.75. The molecule has 4 heteroatoms. The fourth-order valence-electron chi connectivity index (χ4n) is 2.06. The second kappa shape index (κ2) is 7.70. The molecule has 4 nitrogen and oxygen atoms in total. The van der Waals surface area contributed by atoms with Gasteiger partial charge >= 0.3 is 0 Å². The predicted octanol–water partition coefficient (Wildman–Crippen LogP) is 3.20. The van der Waals surface area contributed by atoms with Crippen LogP contribution in [0.25, 0.3) is 0 Å². The molecule has 0 unspecified atom stereocenters. The summed E-state index contributed by atoms with van der Waals surface area (Å²) in [6, 6.07) is 8.12. The molecule has 0 aromatic carbocycles. The van der Waals surface area contributed by atoms with Crippen LogP contribution in [0.2, 0.25) is 0 Å². The number of anilines is 1. The quantitative estimate of drug-likeness (QED) is 0.750. The van der Waals surface area contributed by atoms with E-state index in [1.165, 1.54) is 5.56 Å². The number of nitrogens with one attached hydrogen (secondary N) is 1. The van der Waals surface area contributed by atoms with Gasteiger partial charge in [-0.05, 0) is 43.7 Å². The third kappa shape index (κ3) is 4.10. The van der Waals surface area contributed by atoms with Crippen LogP contribution in [0.4, 0.5) is 5.82 Å². The molecule has 0 radical (unpaired) electrons. The fraction of sp³-hybridized carbons (Fsp3) is 0.438. The lowest BCUT2D eigenvalue weighted by Crippen LogP contribution is -2.23. The molecule has 0 aliphatic carbocycles. The Labute approximate surface area is 120 Å². The normalized spacial score (nSPS) is 10.7. The van der Waals surface area contributed by atoms with Crippen molar-refractivity contribution in [2.24, 2.45) is 0 Å². The molecule has 0 saturated heterocycles. The zero-order chi connectivity index (χ0) is 14.2. The smallest absolute Gasteiger partial charge is 0.128 e. The van der Waals surface area contributed by atoms with E-state index in [1.807, 2.05) is 18.3 Å². The van der Waals surface area contributed by atoms with Gasteiger partial charge in [0, 0.05) is 19.3 Å². The van der Waals surface area contributed by atoms with Crippen LogP contribution in [0.5, 0.6) is 0 Å². The molecule has 0 amide bonds. The highest BCUT2D eigenvalue weighted by molar-refractivity contribution is 5.39. The molecule has 0 saturated carbocycles. The van der Waals surface area contributed by atoms with Crippen LogP contribution in [-0.4, -0.2) is 18.1 Å². The number of rotatable bonds is 8. The zero-order valence-electron chi connectivity index (χ0n) is 12.3. The summed E-state index contributed by atoms with van der Waals surface area (Å²) in [5.74, 6) is 1.95. The van der Waals surface area contributed by atoms with Crippen LogP contribution < -0.4 is 10.2 Å². The van der Waals surface area contributed by atoms with Gasteiger partial charge < -0.3 is 14.6 Å². The van der Waals surface area contributed by atoms with Gasteiger partial charge in [0.25, 0.3) is 0 Å². The fourth-order valence-corrected chi connectivity index (χ4v) is 2.06. The van der Waals surface area contributed by atoms with E-state index in [-0.39, 0.29) is 0 Å². The van der Waals surface area contributed by atoms with Gasteiger partial charge in [0.05, 0.1) is 12.8 Å². The first kappa shape index (κ1) is 14.6. The van der Waals surface area contributed by atoms with Crippen LogP contribution >= 0.6 is 0 Å². The average molecular weight is 273 g/mol. The summed E-state index contributed by atoms with van der Waals surface area (Å²) >= 11 is 0. The van der Waals surface area contributed by atoms with Crippen LogP contribution in [0.3, 0.4) is 0 Å². The van der Waals surface area contributed by atoms with Gasteiger partial charge in [-0.25, -0.2) is 4.98 Å². The van der Waals surface area contributed by atoms with Crippen molar-refractivity contribution in [2.75, 3.05) is 18.0 Å². The second-order valence-electron chi connectivity index (χ2n) is 4.79. The van der Waals surface area contributed by atoms with Gasteiger partial charge in [0.1, 0.15) is 11.6 Å². The molecule has 0 aliphatic rings. The second-order valence-corrected chi connectivity index (χ2v) is 4.79. The monoisotopic (exact) mass is 273 g/mol. The van der Waals surface area contributed by atoms with Crippen molar-refractivity contribution >= 4 is 5.82 Å². The first-order valence-electron chi connectivity index (χ1n) is 7.26. The molecule has 0 aliphatic heterocycles. The van der Waals surface area contributed by atoms with Crippen LogP contribution in [0, 0.1) is 0 Å². The molecule has 0 atom stereocenters. The first-order valence-corrected chi connectivity index (χ1v) is 7.26. The molecule has 2 rings (SSSR count). The Bertz CT molecular complexity index is 479. The summed E-state index contributed by atoms with van der Waals surface area (Å²) in [5, 5.41) is 3.38. The van der Waals surface area contributed by atoms with E-state index in [1.54, 1.807) is 6.26 Å². The third-order valence-electron chi connectivity index (χ3n) is 3.20. The zero-order valence-corrected chi connectivity index (χ0v) is 12.3. The van der Waals surface area contributed by atoms with E-state index in [0.717, 1.165) is 44.2 Å². The molecule has 20 heavy (non-hydrogen) atoms. The van der Waals surface area contributed by atoms with E-state index in [2.05, 4.69) is 41.2 Å². The highest BCUT2D eigenvalue weighted by Gasteiger charge is 2.08. The standard InChI is InChI=1S/C16H23N3O/c1-3-9-17-11-14-7-8-16(18-12-14)19(4-2)13-15-6-5-10-20-15/h5-8,10,12,17H,3-4,9,11,13H2,1-2H3. The minimum Gasteiger partial charge on any atom is -0.467 e. The Morgan fingerprint density at radius 3 is 2.75 bits per heavy atom. The number of furan rings is 1. The number of pyridine rings is 1. The Morgan fingerprint density at radius 2 is 2.15 bits per heavy atom. The topological polar surface area (TPSA) is 41.3 Å². The highest BCUT2D eigenvalue weighted by Crippen LogP contribution is 2.15. The first-order chi connectivity index (χ1) is 9.83. The minimum atomic E-state index is 0.754. The van der Waals surface area contributed by atoms with Gasteiger partial charge in [-0.2, -0.15) is 0 Å². The summed E-state index contributed by atoms with van der Waals surface area (Å²) in [6.45, 7) is 7.88. The van der Waals surface area contributed by atoms with Crippen molar-refractivity contribution in [1.29, 1.82) is 0 Å². The molecule has 0 bridgehead atoms. The SMILES string of the molecule is CCCNCc1ccc(N(CC)Cc2ccco2)nc1. The Kier molecular flexibility index (Phi) is 5.62. The summed E-state index contributed by atoms with van der Waals surface area (Å²) < 4.78 is 5.40. The Morgan fingerprint density at radius 1 is 1.25 bits per heavy atom. The number of nitrogens with zero attached hydrogens (tertiary/aromatic N) is 2. The van der Waals surface area contributed by atoms with Crippen molar-refractivity contribution < 1.29 is 4.42 Å². The van der Waals surface area contributed by atoms with Gasteiger partial charge in [-0.1, -0.05) is 13.0 Å². The summed E-state index contributed by atoms with van der Waals surface area (Å²) in [7, 11) is 0. The van der Waals surface area contributed by atoms with Crippen molar-refractivity contribution in [3.63, 3.8) is 0 Å². The van der Waals surface area contributed by atoms with Crippen molar-refractivity contribution in [2.45, 2.75) is 33.4 Å². The van der Waals surface area contributed by atoms with Crippen LogP contribution in [-0.2, 0) is 13.1 Å². The molecular weight excluding hydrogens is 250 g/mol. The molecule has 108 valence electrons. The third-order valence-corrected chi connectivity index (χ3v) is 3.20. The van der Waals surface area contributed by atoms with E-state index in [0.29, 0.717) is 0 Å². The van der Waals surface area contributed by atoms with Crippen molar-refractivity contribution in [3.8, 4) is 0 Å². The maximum Gasteiger partial charge on any atom is 0.128 e. The molecule has 1 N–H and O–H groups in total. The molecular formula is C16H23N3O. The predicted molar refractivity (Wildman–Crippen MR) is 81.7 cm³/mol. The number of hydrogen-bond donors (Lipinski definition) is 1. The van der Waals surface area contributed by atoms with Gasteiger partial charge in [0.15, 0.2) is 0 Å². The maximum absolute atomic E-state index is 5.40. The van der Waals surface area contributed by atoms with E-state index in [4.69, 9.17) is 4.42 Å². The number of hydrogen-bond acceptors (Lipinski definition) is 4. The Balaban J connectivity index is 1.96.